The van der Waals surface area contributed by atoms with Crippen LogP contribution < -0.4 is 10.5 Å². The average molecular weight is 278 g/mol. The van der Waals surface area contributed by atoms with Crippen LogP contribution >= 0.6 is 0 Å². The number of rotatable bonds is 5. The van der Waals surface area contributed by atoms with Crippen molar-refractivity contribution in [3.05, 3.63) is 23.8 Å². The van der Waals surface area contributed by atoms with Gasteiger partial charge in [-0.3, -0.25) is 4.90 Å². The van der Waals surface area contributed by atoms with E-state index in [-0.39, 0.29) is 5.97 Å². The second kappa shape index (κ2) is 7.14. The van der Waals surface area contributed by atoms with Crippen molar-refractivity contribution in [1.82, 2.24) is 4.90 Å². The molecule has 0 unspecified atom stereocenters. The van der Waals surface area contributed by atoms with Gasteiger partial charge in [-0.05, 0) is 44.1 Å². The first kappa shape index (κ1) is 14.7. The number of benzene rings is 1. The fraction of sp³-hybridized carbons (Fsp3) is 0.533. The Bertz CT molecular complexity index is 456. The Balaban J connectivity index is 1.89. The van der Waals surface area contributed by atoms with Crippen molar-refractivity contribution in [1.29, 1.82) is 0 Å². The second-order valence-electron chi connectivity index (χ2n) is 4.99. The SMILES string of the molecule is COC(=O)c1ccc(N)c(OCCN2CCCCC2)c1. The molecule has 1 aromatic rings. The maximum Gasteiger partial charge on any atom is 0.337 e. The Labute approximate surface area is 119 Å². The van der Waals surface area contributed by atoms with Gasteiger partial charge in [-0.15, -0.1) is 0 Å². The summed E-state index contributed by atoms with van der Waals surface area (Å²) in [7, 11) is 1.36. The molecular weight excluding hydrogens is 256 g/mol. The molecule has 1 aliphatic heterocycles. The van der Waals surface area contributed by atoms with Gasteiger partial charge < -0.3 is 15.2 Å². The first-order valence-corrected chi connectivity index (χ1v) is 7.03. The van der Waals surface area contributed by atoms with Crippen molar-refractivity contribution in [2.75, 3.05) is 39.1 Å². The predicted molar refractivity (Wildman–Crippen MR) is 78.0 cm³/mol. The number of carbonyl (C=O) groups excluding carboxylic acids is 1. The van der Waals surface area contributed by atoms with E-state index >= 15 is 0 Å². The van der Waals surface area contributed by atoms with Gasteiger partial charge in [-0.2, -0.15) is 0 Å². The summed E-state index contributed by atoms with van der Waals surface area (Å²) in [5.41, 5.74) is 6.85. The minimum Gasteiger partial charge on any atom is -0.490 e. The number of carbonyl (C=O) groups is 1. The lowest BCUT2D eigenvalue weighted by atomic mass is 10.1. The van der Waals surface area contributed by atoms with Crippen LogP contribution in [0.1, 0.15) is 29.6 Å². The molecule has 5 heteroatoms. The van der Waals surface area contributed by atoms with E-state index in [0.29, 0.717) is 23.6 Å². The third-order valence-electron chi connectivity index (χ3n) is 3.55. The maximum atomic E-state index is 11.5. The molecule has 110 valence electrons. The van der Waals surface area contributed by atoms with Gasteiger partial charge in [-0.25, -0.2) is 4.79 Å². The Morgan fingerprint density at radius 2 is 2.05 bits per heavy atom. The molecule has 0 amide bonds. The van der Waals surface area contributed by atoms with Gasteiger partial charge in [0.25, 0.3) is 0 Å². The highest BCUT2D eigenvalue weighted by molar-refractivity contribution is 5.90. The molecule has 0 spiro atoms. The third-order valence-corrected chi connectivity index (χ3v) is 3.55. The highest BCUT2D eigenvalue weighted by Crippen LogP contribution is 2.23. The summed E-state index contributed by atoms with van der Waals surface area (Å²) in [6.45, 7) is 3.75. The van der Waals surface area contributed by atoms with E-state index in [1.165, 1.54) is 26.4 Å². The number of hydrogen-bond acceptors (Lipinski definition) is 5. The number of anilines is 1. The van der Waals surface area contributed by atoms with Crippen molar-refractivity contribution < 1.29 is 14.3 Å². The van der Waals surface area contributed by atoms with Crippen LogP contribution in [0, 0.1) is 0 Å². The molecule has 1 aliphatic rings. The number of ether oxygens (including phenoxy) is 2. The molecule has 2 N–H and O–H groups in total. The van der Waals surface area contributed by atoms with E-state index in [9.17, 15) is 4.79 Å². The molecule has 0 aliphatic carbocycles. The first-order valence-electron chi connectivity index (χ1n) is 7.03. The smallest absolute Gasteiger partial charge is 0.337 e. The molecule has 1 saturated heterocycles. The van der Waals surface area contributed by atoms with Gasteiger partial charge in [-0.1, -0.05) is 6.42 Å². The van der Waals surface area contributed by atoms with Crippen molar-refractivity contribution in [3.63, 3.8) is 0 Å². The largest absolute Gasteiger partial charge is 0.490 e. The first-order chi connectivity index (χ1) is 9.70. The molecule has 1 aromatic carbocycles. The molecule has 1 fully saturated rings. The van der Waals surface area contributed by atoms with Crippen molar-refractivity contribution in [2.45, 2.75) is 19.3 Å². The van der Waals surface area contributed by atoms with Crippen LogP contribution in [-0.2, 0) is 4.74 Å². The van der Waals surface area contributed by atoms with Gasteiger partial charge in [0, 0.05) is 6.54 Å². The molecule has 0 saturated carbocycles. The summed E-state index contributed by atoms with van der Waals surface area (Å²) < 4.78 is 10.4. The van der Waals surface area contributed by atoms with Crippen molar-refractivity contribution >= 4 is 11.7 Å². The van der Waals surface area contributed by atoms with Crippen LogP contribution in [0.4, 0.5) is 5.69 Å². The lowest BCUT2D eigenvalue weighted by Crippen LogP contribution is -2.33. The van der Waals surface area contributed by atoms with Gasteiger partial charge in [0.2, 0.25) is 0 Å². The lowest BCUT2D eigenvalue weighted by molar-refractivity contribution is 0.0600. The maximum absolute atomic E-state index is 11.5. The van der Waals surface area contributed by atoms with Crippen LogP contribution in [0.3, 0.4) is 0 Å². The predicted octanol–water partition coefficient (Wildman–Crippen LogP) is 1.92. The monoisotopic (exact) mass is 278 g/mol. The van der Waals surface area contributed by atoms with Crippen molar-refractivity contribution in [2.24, 2.45) is 0 Å². The average Bonchev–Trinajstić information content (AvgIpc) is 2.49. The summed E-state index contributed by atoms with van der Waals surface area (Å²) in [5, 5.41) is 0. The number of nitrogens with zero attached hydrogens (tertiary/aromatic N) is 1. The number of piperidine rings is 1. The van der Waals surface area contributed by atoms with E-state index < -0.39 is 0 Å². The van der Waals surface area contributed by atoms with Crippen LogP contribution in [-0.4, -0.2) is 44.2 Å². The Hall–Kier alpha value is -1.75. The summed E-state index contributed by atoms with van der Waals surface area (Å²) >= 11 is 0. The topological polar surface area (TPSA) is 64.8 Å². The Morgan fingerprint density at radius 1 is 1.30 bits per heavy atom. The van der Waals surface area contributed by atoms with E-state index in [0.717, 1.165) is 19.6 Å². The number of likely N-dealkylation sites (tertiary alicyclic amines) is 1. The number of hydrogen-bond donors (Lipinski definition) is 1. The number of esters is 1. The summed E-state index contributed by atoms with van der Waals surface area (Å²) in [6, 6.07) is 4.94. The zero-order chi connectivity index (χ0) is 14.4. The highest BCUT2D eigenvalue weighted by atomic mass is 16.5. The molecule has 20 heavy (non-hydrogen) atoms. The molecule has 1 heterocycles. The van der Waals surface area contributed by atoms with Gasteiger partial charge in [0.05, 0.1) is 18.4 Å². The quantitative estimate of drug-likeness (QED) is 0.658. The summed E-state index contributed by atoms with van der Waals surface area (Å²) in [5.74, 6) is 0.163. The molecule has 0 bridgehead atoms. The minimum atomic E-state index is -0.383. The molecule has 2 rings (SSSR count). The summed E-state index contributed by atoms with van der Waals surface area (Å²) in [4.78, 5) is 13.9. The highest BCUT2D eigenvalue weighted by Gasteiger charge is 2.12. The van der Waals surface area contributed by atoms with E-state index in [1.807, 2.05) is 0 Å². The minimum absolute atomic E-state index is 0.383. The fourth-order valence-corrected chi connectivity index (χ4v) is 2.37. The standard InChI is InChI=1S/C15H22N2O3/c1-19-15(18)12-5-6-13(16)14(11-12)20-10-9-17-7-3-2-4-8-17/h5-6,11H,2-4,7-10,16H2,1H3. The van der Waals surface area contributed by atoms with E-state index in [4.69, 9.17) is 10.5 Å². The zero-order valence-corrected chi connectivity index (χ0v) is 11.9. The van der Waals surface area contributed by atoms with E-state index in [1.54, 1.807) is 18.2 Å². The van der Waals surface area contributed by atoms with Crippen LogP contribution in [0.25, 0.3) is 0 Å². The number of nitrogen functional groups attached to an aromatic ring is 1. The zero-order valence-electron chi connectivity index (χ0n) is 11.9. The second-order valence-corrected chi connectivity index (χ2v) is 4.99. The van der Waals surface area contributed by atoms with Crippen LogP contribution in [0.15, 0.2) is 18.2 Å². The normalized spacial score (nSPS) is 15.8. The van der Waals surface area contributed by atoms with Gasteiger partial charge in [0.1, 0.15) is 12.4 Å². The Morgan fingerprint density at radius 3 is 2.75 bits per heavy atom. The molecular formula is C15H22N2O3. The van der Waals surface area contributed by atoms with Gasteiger partial charge >= 0.3 is 5.97 Å². The van der Waals surface area contributed by atoms with Crippen LogP contribution in [0.5, 0.6) is 5.75 Å². The molecule has 0 radical (unpaired) electrons. The van der Waals surface area contributed by atoms with Gasteiger partial charge in [0.15, 0.2) is 0 Å². The number of nitrogens with two attached hydrogens (primary N) is 1. The van der Waals surface area contributed by atoms with Crippen molar-refractivity contribution in [3.8, 4) is 5.75 Å². The number of methoxy groups -OCH3 is 1. The molecule has 0 atom stereocenters. The molecule has 5 nitrogen and oxygen atoms in total. The molecule has 0 aromatic heterocycles. The fourth-order valence-electron chi connectivity index (χ4n) is 2.37. The third kappa shape index (κ3) is 3.87. The lowest BCUT2D eigenvalue weighted by Gasteiger charge is -2.26. The van der Waals surface area contributed by atoms with E-state index in [2.05, 4.69) is 9.64 Å². The Kier molecular flexibility index (Phi) is 5.24. The van der Waals surface area contributed by atoms with Crippen LogP contribution in [0.2, 0.25) is 0 Å². The summed E-state index contributed by atoms with van der Waals surface area (Å²) in [6.07, 6.45) is 3.85.